The van der Waals surface area contributed by atoms with Crippen LogP contribution in [0.4, 0.5) is 0 Å². The number of benzene rings is 2. The third-order valence-electron chi connectivity index (χ3n) is 4.28. The summed E-state index contributed by atoms with van der Waals surface area (Å²) in [6.07, 6.45) is 2.06. The second kappa shape index (κ2) is 5.19. The van der Waals surface area contributed by atoms with Crippen molar-refractivity contribution in [1.82, 2.24) is 0 Å². The number of pyridine rings is 1. The van der Waals surface area contributed by atoms with Crippen molar-refractivity contribution in [2.24, 2.45) is 7.05 Å². The van der Waals surface area contributed by atoms with Crippen LogP contribution in [0.2, 0.25) is 0 Å². The summed E-state index contributed by atoms with van der Waals surface area (Å²) in [4.78, 5) is 0. The lowest BCUT2D eigenvalue weighted by Gasteiger charge is -2.07. The fourth-order valence-electron chi connectivity index (χ4n) is 3.22. The number of fused-ring (bicyclic) bond motifs is 3. The minimum Gasteiger partial charge on any atom is -0.201 e. The van der Waals surface area contributed by atoms with Crippen LogP contribution in [0.15, 0.2) is 54.7 Å². The molecule has 0 radical (unpaired) electrons. The number of hydrogen-bond donors (Lipinski definition) is 0. The Balaban J connectivity index is 2.24. The number of thiophene rings is 1. The van der Waals surface area contributed by atoms with E-state index >= 15 is 0 Å². The number of nitrogens with zero attached hydrogens (tertiary/aromatic N) is 2. The van der Waals surface area contributed by atoms with Crippen molar-refractivity contribution < 1.29 is 4.57 Å². The summed E-state index contributed by atoms with van der Waals surface area (Å²) in [5, 5.41) is 11.9. The van der Waals surface area contributed by atoms with Crippen molar-refractivity contribution in [3.63, 3.8) is 0 Å². The van der Waals surface area contributed by atoms with Gasteiger partial charge in [-0.1, -0.05) is 18.2 Å². The van der Waals surface area contributed by atoms with Crippen LogP contribution in [-0.2, 0) is 7.05 Å². The number of aryl methyl sites for hydroxylation is 2. The van der Waals surface area contributed by atoms with Gasteiger partial charge in [0.15, 0.2) is 6.20 Å². The van der Waals surface area contributed by atoms with E-state index in [4.69, 9.17) is 0 Å². The maximum atomic E-state index is 9.60. The lowest BCUT2D eigenvalue weighted by atomic mass is 9.97. The molecule has 0 fully saturated rings. The van der Waals surface area contributed by atoms with Crippen LogP contribution < -0.4 is 4.57 Å². The molecule has 0 spiro atoms. The van der Waals surface area contributed by atoms with E-state index in [0.29, 0.717) is 0 Å². The van der Waals surface area contributed by atoms with Crippen molar-refractivity contribution in [1.29, 1.82) is 5.26 Å². The number of hydrogen-bond acceptors (Lipinski definition) is 2. The minimum absolute atomic E-state index is 0.761. The number of nitriles is 1. The van der Waals surface area contributed by atoms with E-state index in [-0.39, 0.29) is 0 Å². The molecule has 0 unspecified atom stereocenters. The summed E-state index contributed by atoms with van der Waals surface area (Å²) in [6.45, 7) is 2.09. The first-order valence-electron chi connectivity index (χ1n) is 7.50. The molecule has 110 valence electrons. The van der Waals surface area contributed by atoms with Crippen LogP contribution in [0, 0.1) is 18.3 Å². The minimum atomic E-state index is 0.761. The van der Waals surface area contributed by atoms with E-state index in [9.17, 15) is 5.26 Å². The zero-order valence-electron chi connectivity index (χ0n) is 13.0. The second-order valence-electron chi connectivity index (χ2n) is 5.73. The van der Waals surface area contributed by atoms with Gasteiger partial charge in [0.25, 0.3) is 0 Å². The molecule has 0 aliphatic heterocycles. The van der Waals surface area contributed by atoms with Gasteiger partial charge in [-0.05, 0) is 30.7 Å². The molecular weight excluding hydrogens is 300 g/mol. The van der Waals surface area contributed by atoms with Crippen molar-refractivity contribution in [2.45, 2.75) is 6.92 Å². The van der Waals surface area contributed by atoms with Gasteiger partial charge in [-0.15, -0.1) is 11.3 Å². The van der Waals surface area contributed by atoms with Crippen molar-refractivity contribution in [3.8, 4) is 17.3 Å². The van der Waals surface area contributed by atoms with Crippen molar-refractivity contribution >= 4 is 31.5 Å². The highest BCUT2D eigenvalue weighted by Gasteiger charge is 2.20. The maximum Gasteiger partial charge on any atom is 0.213 e. The van der Waals surface area contributed by atoms with Crippen molar-refractivity contribution in [2.75, 3.05) is 0 Å². The van der Waals surface area contributed by atoms with Gasteiger partial charge in [0, 0.05) is 27.6 Å². The predicted molar refractivity (Wildman–Crippen MR) is 95.4 cm³/mol. The summed E-state index contributed by atoms with van der Waals surface area (Å²) >= 11 is 1.77. The van der Waals surface area contributed by atoms with E-state index in [1.165, 1.54) is 26.0 Å². The molecule has 4 rings (SSSR count). The summed E-state index contributed by atoms with van der Waals surface area (Å²) in [5.41, 5.74) is 4.30. The highest BCUT2D eigenvalue weighted by Crippen LogP contribution is 2.42. The molecule has 0 amide bonds. The summed E-state index contributed by atoms with van der Waals surface area (Å²) in [7, 11) is 2.06. The Morgan fingerprint density at radius 3 is 2.65 bits per heavy atom. The van der Waals surface area contributed by atoms with Gasteiger partial charge in [-0.3, -0.25) is 0 Å². The fourth-order valence-corrected chi connectivity index (χ4v) is 4.55. The topological polar surface area (TPSA) is 27.7 Å². The summed E-state index contributed by atoms with van der Waals surface area (Å²) < 4.78 is 4.56. The molecular formula is C20H15N2S+. The Labute approximate surface area is 138 Å². The van der Waals surface area contributed by atoms with Crippen LogP contribution in [-0.4, -0.2) is 0 Å². The van der Waals surface area contributed by atoms with Crippen molar-refractivity contribution in [3.05, 3.63) is 65.9 Å². The fraction of sp³-hybridized carbons (Fsp3) is 0.100. The average molecular weight is 315 g/mol. The SMILES string of the molecule is Cc1cc(C#N)c2c(sc3ccccc32)c1-c1cccc[n+]1C. The lowest BCUT2D eigenvalue weighted by molar-refractivity contribution is -0.660. The van der Waals surface area contributed by atoms with Gasteiger partial charge in [0.2, 0.25) is 5.69 Å². The summed E-state index contributed by atoms with van der Waals surface area (Å²) in [5.74, 6) is 0. The maximum absolute atomic E-state index is 9.60. The van der Waals surface area contributed by atoms with E-state index in [2.05, 4.69) is 61.1 Å². The molecule has 0 bridgehead atoms. The third-order valence-corrected chi connectivity index (χ3v) is 5.47. The average Bonchev–Trinajstić information content (AvgIpc) is 2.94. The molecule has 0 aliphatic carbocycles. The van der Waals surface area contributed by atoms with Crippen LogP contribution >= 0.6 is 11.3 Å². The second-order valence-corrected chi connectivity index (χ2v) is 6.78. The van der Waals surface area contributed by atoms with E-state index in [1.54, 1.807) is 11.3 Å². The molecule has 0 saturated heterocycles. The quantitative estimate of drug-likeness (QED) is 0.467. The Hall–Kier alpha value is -2.70. The molecule has 0 saturated carbocycles. The third kappa shape index (κ3) is 2.03. The van der Waals surface area contributed by atoms with Crippen LogP contribution in [0.25, 0.3) is 31.4 Å². The van der Waals surface area contributed by atoms with Gasteiger partial charge < -0.3 is 0 Å². The largest absolute Gasteiger partial charge is 0.213 e. The predicted octanol–water partition coefficient (Wildman–Crippen LogP) is 4.73. The smallest absolute Gasteiger partial charge is 0.201 e. The molecule has 2 aromatic heterocycles. The summed E-state index contributed by atoms with van der Waals surface area (Å²) in [6, 6.07) is 19.0. The molecule has 23 heavy (non-hydrogen) atoms. The van der Waals surface area contributed by atoms with Gasteiger partial charge in [-0.25, -0.2) is 4.57 Å². The molecule has 2 aromatic carbocycles. The lowest BCUT2D eigenvalue weighted by Crippen LogP contribution is -2.30. The Bertz CT molecular complexity index is 1100. The Morgan fingerprint density at radius 1 is 1.09 bits per heavy atom. The van der Waals surface area contributed by atoms with E-state index < -0.39 is 0 Å². The highest BCUT2D eigenvalue weighted by atomic mass is 32.1. The Morgan fingerprint density at radius 2 is 1.87 bits per heavy atom. The zero-order chi connectivity index (χ0) is 16.0. The van der Waals surface area contributed by atoms with Gasteiger partial charge in [0.05, 0.1) is 21.9 Å². The van der Waals surface area contributed by atoms with E-state index in [0.717, 1.165) is 16.5 Å². The highest BCUT2D eigenvalue weighted by molar-refractivity contribution is 7.26. The first-order valence-corrected chi connectivity index (χ1v) is 8.32. The van der Waals surface area contributed by atoms with E-state index in [1.807, 2.05) is 18.2 Å². The number of rotatable bonds is 1. The standard InChI is InChI=1S/C20H15N2S/c1-13-11-14(12-21)19-15-7-3-4-9-17(15)23-20(19)18(13)16-8-5-6-10-22(16)2/h3-11H,1-2H3/q+1. The van der Waals surface area contributed by atoms with Gasteiger partial charge in [-0.2, -0.15) is 5.26 Å². The molecule has 2 heterocycles. The van der Waals surface area contributed by atoms with Gasteiger partial charge >= 0.3 is 0 Å². The molecule has 0 atom stereocenters. The molecule has 3 heteroatoms. The van der Waals surface area contributed by atoms with Gasteiger partial charge in [0.1, 0.15) is 7.05 Å². The first-order chi connectivity index (χ1) is 11.2. The molecule has 2 nitrogen and oxygen atoms in total. The molecule has 0 N–H and O–H groups in total. The molecule has 0 aliphatic rings. The van der Waals surface area contributed by atoms with Crippen LogP contribution in [0.5, 0.6) is 0 Å². The Kier molecular flexibility index (Phi) is 3.14. The van der Waals surface area contributed by atoms with Crippen LogP contribution in [0.1, 0.15) is 11.1 Å². The first kappa shape index (κ1) is 13.9. The monoisotopic (exact) mass is 315 g/mol. The normalized spacial score (nSPS) is 11.0. The number of aromatic nitrogens is 1. The molecule has 4 aromatic rings. The van der Waals surface area contributed by atoms with Crippen LogP contribution in [0.3, 0.4) is 0 Å². The zero-order valence-corrected chi connectivity index (χ0v) is 13.8.